The number of anilines is 5. The number of nitrogens with two attached hydrogens (primary N) is 5. The fourth-order valence-electron chi connectivity index (χ4n) is 8.37. The zero-order valence-corrected chi connectivity index (χ0v) is 53.1. The predicted molar refractivity (Wildman–Crippen MR) is 346 cm³/mol. The molecule has 0 fully saturated rings. The lowest BCUT2D eigenvalue weighted by atomic mass is 10.1. The molecule has 434 valence electrons. The Morgan fingerprint density at radius 3 is 1.11 bits per heavy atom. The molecule has 87 heavy (non-hydrogen) atoms. The van der Waals surface area contributed by atoms with Crippen molar-refractivity contribution in [2.45, 2.75) is 6.92 Å². The lowest BCUT2D eigenvalue weighted by Gasteiger charge is -2.07. The van der Waals surface area contributed by atoms with Gasteiger partial charge in [-0.25, -0.2) is 34.3 Å². The van der Waals surface area contributed by atoms with Crippen LogP contribution in [0.3, 0.4) is 0 Å². The molecule has 0 aliphatic rings. The maximum Gasteiger partial charge on any atom is 0.208 e. The highest BCUT2D eigenvalue weighted by molar-refractivity contribution is 9.11. The van der Waals surface area contributed by atoms with E-state index in [1.807, 2.05) is 91.9 Å². The number of imidazole rings is 1. The molecule has 0 amide bonds. The molecular formula is C55H39Br5ClFN24O. The molecule has 0 aliphatic heterocycles. The van der Waals surface area contributed by atoms with Gasteiger partial charge in [-0.15, -0.1) is 40.8 Å². The zero-order chi connectivity index (χ0) is 61.0. The number of hydrogen-bond acceptors (Lipinski definition) is 20. The van der Waals surface area contributed by atoms with Gasteiger partial charge >= 0.3 is 0 Å². The molecule has 0 radical (unpaired) electrons. The van der Waals surface area contributed by atoms with Gasteiger partial charge in [0.2, 0.25) is 29.7 Å². The van der Waals surface area contributed by atoms with E-state index in [4.69, 9.17) is 44.7 Å². The third-order valence-electron chi connectivity index (χ3n) is 12.5. The Hall–Kier alpha value is -9.40. The summed E-state index contributed by atoms with van der Waals surface area (Å²) in [6.45, 7) is 1.87. The van der Waals surface area contributed by atoms with Gasteiger partial charge in [0, 0.05) is 39.7 Å². The Morgan fingerprint density at radius 1 is 0.402 bits per heavy atom. The van der Waals surface area contributed by atoms with Crippen molar-refractivity contribution in [3.63, 3.8) is 0 Å². The largest absolute Gasteiger partial charge is 0.460 e. The van der Waals surface area contributed by atoms with E-state index in [0.29, 0.717) is 83.2 Å². The molecule has 0 atom stereocenters. The van der Waals surface area contributed by atoms with Crippen molar-refractivity contribution in [3.05, 3.63) is 198 Å². The normalized spacial score (nSPS) is 11.0. The van der Waals surface area contributed by atoms with E-state index in [-0.39, 0.29) is 11.8 Å². The number of aryl methyl sites for hydroxylation is 1. The molecular weight excluding hydrogens is 1470 g/mol. The van der Waals surface area contributed by atoms with Gasteiger partial charge in [-0.1, -0.05) is 84.4 Å². The van der Waals surface area contributed by atoms with Crippen LogP contribution in [-0.4, -0.2) is 92.7 Å². The fraction of sp³-hybridized carbons (Fsp3) is 0.0182. The second-order valence-electron chi connectivity index (χ2n) is 18.0. The maximum atomic E-state index is 12.9. The molecule has 32 heteroatoms. The lowest BCUT2D eigenvalue weighted by Crippen LogP contribution is -2.02. The van der Waals surface area contributed by atoms with Crippen LogP contribution in [0, 0.1) is 12.7 Å². The summed E-state index contributed by atoms with van der Waals surface area (Å²) in [4.78, 5) is 25.9. The first-order chi connectivity index (χ1) is 42.0. The van der Waals surface area contributed by atoms with Crippen LogP contribution < -0.4 is 28.7 Å². The van der Waals surface area contributed by atoms with E-state index in [1.54, 1.807) is 58.7 Å². The number of benzene rings is 4. The van der Waals surface area contributed by atoms with Crippen molar-refractivity contribution >= 4 is 149 Å². The second-order valence-corrected chi connectivity index (χ2v) is 22.4. The minimum atomic E-state index is -0.300. The molecule has 11 aromatic heterocycles. The molecule has 0 spiro atoms. The van der Waals surface area contributed by atoms with Crippen LogP contribution in [0.2, 0.25) is 5.02 Å². The summed E-state index contributed by atoms with van der Waals surface area (Å²) in [6, 6.07) is 36.8. The Bertz CT molecular complexity index is 4700. The van der Waals surface area contributed by atoms with Crippen LogP contribution in [0.4, 0.5) is 34.1 Å². The zero-order valence-electron chi connectivity index (χ0n) is 44.4. The van der Waals surface area contributed by atoms with Crippen LogP contribution in [0.15, 0.2) is 186 Å². The predicted octanol–water partition coefficient (Wildman–Crippen LogP) is 12.0. The second kappa shape index (κ2) is 25.7. The Kier molecular flexibility index (Phi) is 17.5. The number of furan rings is 1. The Labute approximate surface area is 536 Å². The van der Waals surface area contributed by atoms with Crippen molar-refractivity contribution < 1.29 is 8.81 Å². The monoisotopic (exact) mass is 1500 g/mol. The molecule has 10 N–H and O–H groups in total. The highest BCUT2D eigenvalue weighted by atomic mass is 79.9. The summed E-state index contributed by atoms with van der Waals surface area (Å²) in [7, 11) is 0. The van der Waals surface area contributed by atoms with Crippen molar-refractivity contribution in [2.75, 3.05) is 28.7 Å². The third kappa shape index (κ3) is 12.4. The summed E-state index contributed by atoms with van der Waals surface area (Å²) < 4.78 is 30.3. The van der Waals surface area contributed by atoms with E-state index in [9.17, 15) is 4.39 Å². The first kappa shape index (κ1) is 59.3. The third-order valence-corrected chi connectivity index (χ3v) is 16.4. The summed E-state index contributed by atoms with van der Waals surface area (Å²) in [5.74, 6) is 2.89. The van der Waals surface area contributed by atoms with E-state index in [2.05, 4.69) is 150 Å². The van der Waals surface area contributed by atoms with E-state index < -0.39 is 0 Å². The van der Waals surface area contributed by atoms with Crippen LogP contribution in [-0.2, 0) is 0 Å². The minimum absolute atomic E-state index is 0.275. The topological polar surface area (TPSA) is 346 Å². The average molecular weight is 1510 g/mol. The SMILES string of the molecule is Cc1ccc(-c2nc(N)n3cnnc3c2Br)o1.Nc1nc(-c2ccc(Cl)cc2)c(Br)c2nncn12.Nc1nc(-c2ccc(F)cc2)c(Br)c2nncn12.Nc1nc(-c2ccccc2)c(Br)c2nccn12.Nc1nc(-c2ccccc2)c(Br)c2nncn12. The van der Waals surface area contributed by atoms with Gasteiger partial charge in [0.15, 0.2) is 34.0 Å². The van der Waals surface area contributed by atoms with Crippen molar-refractivity contribution in [1.82, 2.24) is 92.7 Å². The highest BCUT2D eigenvalue weighted by Gasteiger charge is 2.19. The smallest absolute Gasteiger partial charge is 0.208 e. The molecule has 15 rings (SSSR count). The number of fused-ring (bicyclic) bond motifs is 5. The quantitative estimate of drug-likeness (QED) is 0.107. The highest BCUT2D eigenvalue weighted by Crippen LogP contribution is 2.35. The van der Waals surface area contributed by atoms with Crippen LogP contribution >= 0.6 is 91.3 Å². The number of nitrogens with zero attached hydrogens (tertiary/aromatic N) is 19. The summed E-state index contributed by atoms with van der Waals surface area (Å²) in [5, 5.41) is 31.8. The number of aromatic nitrogens is 19. The first-order valence-electron chi connectivity index (χ1n) is 25.1. The van der Waals surface area contributed by atoms with Crippen LogP contribution in [0.25, 0.3) is 84.7 Å². The van der Waals surface area contributed by atoms with Crippen LogP contribution in [0.5, 0.6) is 0 Å². The van der Waals surface area contributed by atoms with Crippen molar-refractivity contribution in [3.8, 4) is 56.5 Å². The van der Waals surface area contributed by atoms with Gasteiger partial charge in [-0.2, -0.15) is 0 Å². The Balaban J connectivity index is 0.000000113. The molecule has 4 aromatic carbocycles. The molecule has 0 saturated carbocycles. The molecule has 0 saturated heterocycles. The van der Waals surface area contributed by atoms with Crippen LogP contribution in [0.1, 0.15) is 5.76 Å². The van der Waals surface area contributed by atoms with Crippen molar-refractivity contribution in [2.24, 2.45) is 0 Å². The average Bonchev–Trinajstić information content (AvgIpc) is 3.13. The van der Waals surface area contributed by atoms with Gasteiger partial charge in [0.05, 0.1) is 45.1 Å². The van der Waals surface area contributed by atoms with Crippen molar-refractivity contribution in [1.29, 1.82) is 0 Å². The summed E-state index contributed by atoms with van der Waals surface area (Å²) in [6.07, 6.45) is 9.55. The number of rotatable bonds is 5. The van der Waals surface area contributed by atoms with Gasteiger partial charge in [0.1, 0.15) is 42.6 Å². The van der Waals surface area contributed by atoms with Gasteiger partial charge < -0.3 is 33.1 Å². The first-order valence-corrected chi connectivity index (χ1v) is 29.4. The van der Waals surface area contributed by atoms with E-state index in [0.717, 1.165) is 58.5 Å². The molecule has 0 bridgehead atoms. The molecule has 15 aromatic rings. The molecule has 11 heterocycles. The standard InChI is InChI=1S/C12H9BrN4.C11H7BrClN5.C11H7BrFN5.C11H8BrN5.C10H8BrN5O/c13-9-10(8-4-2-1-3-5-8)16-12(14)17-7-6-15-11(9)17;2*12-8-9(6-1-3-7(13)4-2-6)16-11(14)18-5-15-17-10(8)18;12-8-9(7-4-2-1-3-5-7)15-11(13)17-6-14-16-10(8)17;1-5-2-3-6(17-5)8-7(11)9-15-13-4-16(9)10(12)14-8/h1-7H,(H2,14,16);2*1-5H,(H2,14,16);1-6H,(H2,13,15);2-4H,1H3,(H2,12,14). The van der Waals surface area contributed by atoms with Gasteiger partial charge in [0.25, 0.3) is 0 Å². The summed E-state index contributed by atoms with van der Waals surface area (Å²) >= 11 is 23.2. The Morgan fingerprint density at radius 2 is 0.736 bits per heavy atom. The number of halogens is 7. The fourth-order valence-corrected chi connectivity index (χ4v) is 11.4. The van der Waals surface area contributed by atoms with Gasteiger partial charge in [-0.05, 0) is 135 Å². The lowest BCUT2D eigenvalue weighted by molar-refractivity contribution is 0.546. The maximum absolute atomic E-state index is 12.9. The van der Waals surface area contributed by atoms with E-state index >= 15 is 0 Å². The molecule has 0 aliphatic carbocycles. The summed E-state index contributed by atoms with van der Waals surface area (Å²) in [5.41, 5.74) is 39.7. The van der Waals surface area contributed by atoms with Gasteiger partial charge in [-0.3, -0.25) is 22.0 Å². The minimum Gasteiger partial charge on any atom is -0.460 e. The molecule has 0 unspecified atom stereocenters. The van der Waals surface area contributed by atoms with E-state index in [1.165, 1.54) is 37.4 Å². The number of nitrogen functional groups attached to an aromatic ring is 5. The number of hydrogen-bond donors (Lipinski definition) is 5. The molecule has 25 nitrogen and oxygen atoms in total.